The summed E-state index contributed by atoms with van der Waals surface area (Å²) in [5.41, 5.74) is 1.30. The van der Waals surface area contributed by atoms with Crippen LogP contribution in [0.2, 0.25) is 0 Å². The minimum absolute atomic E-state index is 0.0952. The van der Waals surface area contributed by atoms with E-state index < -0.39 is 6.09 Å². The predicted molar refractivity (Wildman–Crippen MR) is 81.0 cm³/mol. The number of carbonyl (C=O) groups excluding carboxylic acids is 1. The Kier molecular flexibility index (Phi) is 4.93. The fraction of sp³-hybridized carbons (Fsp3) is 0.125. The Morgan fingerprint density at radius 1 is 1.10 bits per heavy atom. The summed E-state index contributed by atoms with van der Waals surface area (Å²) in [6.45, 7) is 2.26. The highest BCUT2D eigenvalue weighted by Crippen LogP contribution is 2.14. The van der Waals surface area contributed by atoms with Gasteiger partial charge in [-0.25, -0.2) is 4.79 Å². The van der Waals surface area contributed by atoms with Crippen molar-refractivity contribution < 1.29 is 14.3 Å². The molecule has 0 fully saturated rings. The van der Waals surface area contributed by atoms with Crippen LogP contribution >= 0.6 is 0 Å². The van der Waals surface area contributed by atoms with Gasteiger partial charge in [0.15, 0.2) is 0 Å². The van der Waals surface area contributed by atoms with Crippen LogP contribution in [0, 0.1) is 5.41 Å². The predicted octanol–water partition coefficient (Wildman–Crippen LogP) is 3.66. The normalized spacial score (nSPS) is 9.76. The minimum Gasteiger partial charge on any atom is -0.478 e. The number of anilines is 1. The minimum atomic E-state index is -0.561. The summed E-state index contributed by atoms with van der Waals surface area (Å²) in [5, 5.41) is 10.3. The lowest BCUT2D eigenvalue weighted by Gasteiger charge is -2.08. The maximum Gasteiger partial charge on any atom is 0.417 e. The fourth-order valence-electron chi connectivity index (χ4n) is 1.67. The third kappa shape index (κ3) is 4.35. The lowest BCUT2D eigenvalue weighted by atomic mass is 10.2. The van der Waals surface area contributed by atoms with Crippen molar-refractivity contribution in [2.24, 2.45) is 0 Å². The average molecular weight is 284 g/mol. The molecule has 5 heteroatoms. The number of para-hydroxylation sites is 1. The molecule has 0 spiro atoms. The molecule has 2 N–H and O–H groups in total. The molecule has 1 amide bonds. The molecule has 108 valence electrons. The van der Waals surface area contributed by atoms with Crippen LogP contribution in [0.5, 0.6) is 5.75 Å². The first kappa shape index (κ1) is 14.6. The van der Waals surface area contributed by atoms with E-state index in [1.54, 1.807) is 36.4 Å². The molecule has 0 aliphatic rings. The second kappa shape index (κ2) is 7.09. The molecule has 2 aromatic rings. The summed E-state index contributed by atoms with van der Waals surface area (Å²) in [7, 11) is 0. The Morgan fingerprint density at radius 3 is 2.38 bits per heavy atom. The van der Waals surface area contributed by atoms with Crippen molar-refractivity contribution in [3.05, 3.63) is 60.2 Å². The topological polar surface area (TPSA) is 71.4 Å². The molecule has 5 nitrogen and oxygen atoms in total. The van der Waals surface area contributed by atoms with Crippen molar-refractivity contribution in [1.82, 2.24) is 0 Å². The average Bonchev–Trinajstić information content (AvgIpc) is 2.49. The number of nitrogens with one attached hydrogen (secondary N) is 2. The smallest absolute Gasteiger partial charge is 0.417 e. The summed E-state index contributed by atoms with van der Waals surface area (Å²) < 4.78 is 10.2. The van der Waals surface area contributed by atoms with Crippen LogP contribution in [-0.4, -0.2) is 18.6 Å². The maximum atomic E-state index is 11.7. The summed E-state index contributed by atoms with van der Waals surface area (Å²) in [6.07, 6.45) is -0.561. The molecule has 0 aliphatic heterocycles. The van der Waals surface area contributed by atoms with Gasteiger partial charge >= 0.3 is 6.09 Å². The Bertz CT molecular complexity index is 609. The molecule has 0 saturated carbocycles. The van der Waals surface area contributed by atoms with Crippen molar-refractivity contribution in [2.75, 3.05) is 11.9 Å². The van der Waals surface area contributed by atoms with Crippen molar-refractivity contribution in [3.63, 3.8) is 0 Å². The molecule has 0 aromatic heterocycles. The number of benzene rings is 2. The van der Waals surface area contributed by atoms with Gasteiger partial charge in [-0.2, -0.15) is 0 Å². The van der Waals surface area contributed by atoms with E-state index in [4.69, 9.17) is 14.9 Å². The number of hydrogen-bond donors (Lipinski definition) is 2. The van der Waals surface area contributed by atoms with Crippen LogP contribution in [0.25, 0.3) is 0 Å². The Labute approximate surface area is 123 Å². The van der Waals surface area contributed by atoms with Crippen LogP contribution in [0.15, 0.2) is 54.6 Å². The van der Waals surface area contributed by atoms with Gasteiger partial charge in [-0.3, -0.25) is 10.7 Å². The second-order valence-corrected chi connectivity index (χ2v) is 4.17. The van der Waals surface area contributed by atoms with Gasteiger partial charge in [0.1, 0.15) is 5.75 Å². The highest BCUT2D eigenvalue weighted by molar-refractivity contribution is 5.92. The number of rotatable bonds is 4. The van der Waals surface area contributed by atoms with E-state index in [0.29, 0.717) is 23.6 Å². The van der Waals surface area contributed by atoms with E-state index in [9.17, 15) is 4.79 Å². The summed E-state index contributed by atoms with van der Waals surface area (Å²) in [6, 6.07) is 15.6. The van der Waals surface area contributed by atoms with Gasteiger partial charge in [0.25, 0.3) is 0 Å². The lowest BCUT2D eigenvalue weighted by molar-refractivity contribution is 0.215. The zero-order valence-corrected chi connectivity index (χ0v) is 11.6. The van der Waals surface area contributed by atoms with Crippen molar-refractivity contribution >= 4 is 17.7 Å². The van der Waals surface area contributed by atoms with Crippen molar-refractivity contribution in [3.8, 4) is 5.75 Å². The van der Waals surface area contributed by atoms with Gasteiger partial charge < -0.3 is 9.47 Å². The van der Waals surface area contributed by atoms with Gasteiger partial charge in [-0.15, -0.1) is 0 Å². The third-order valence-corrected chi connectivity index (χ3v) is 2.64. The standard InChI is InChI=1S/C16H16N2O3/c1-2-20-15(17)12-8-10-14(11-9-12)21-16(19)18-13-6-4-3-5-7-13/h3-11,17H,2H2,1H3,(H,18,19). The molecule has 2 rings (SSSR count). The lowest BCUT2D eigenvalue weighted by Crippen LogP contribution is -2.16. The fourth-order valence-corrected chi connectivity index (χ4v) is 1.67. The molecule has 0 heterocycles. The van der Waals surface area contributed by atoms with E-state index in [1.165, 1.54) is 0 Å². The zero-order valence-electron chi connectivity index (χ0n) is 11.6. The van der Waals surface area contributed by atoms with Crippen LogP contribution in [0.4, 0.5) is 10.5 Å². The van der Waals surface area contributed by atoms with E-state index in [-0.39, 0.29) is 5.90 Å². The molecule has 2 aromatic carbocycles. The Hall–Kier alpha value is -2.82. The molecule has 0 unspecified atom stereocenters. The number of carbonyl (C=O) groups is 1. The Morgan fingerprint density at radius 2 is 1.76 bits per heavy atom. The molecule has 0 saturated heterocycles. The maximum absolute atomic E-state index is 11.7. The molecular weight excluding hydrogens is 268 g/mol. The monoisotopic (exact) mass is 284 g/mol. The van der Waals surface area contributed by atoms with E-state index in [2.05, 4.69) is 5.32 Å². The van der Waals surface area contributed by atoms with E-state index in [0.717, 1.165) is 0 Å². The van der Waals surface area contributed by atoms with Crippen LogP contribution in [0.3, 0.4) is 0 Å². The van der Waals surface area contributed by atoms with Gasteiger partial charge in [0.2, 0.25) is 5.90 Å². The first-order valence-electron chi connectivity index (χ1n) is 6.54. The van der Waals surface area contributed by atoms with Crippen molar-refractivity contribution in [2.45, 2.75) is 6.92 Å². The molecule has 0 atom stereocenters. The number of ether oxygens (including phenoxy) is 2. The van der Waals surface area contributed by atoms with Crippen molar-refractivity contribution in [1.29, 1.82) is 5.41 Å². The zero-order chi connectivity index (χ0) is 15.1. The summed E-state index contributed by atoms with van der Waals surface area (Å²) in [4.78, 5) is 11.7. The molecule has 0 bridgehead atoms. The van der Waals surface area contributed by atoms with E-state index in [1.807, 2.05) is 25.1 Å². The first-order chi connectivity index (χ1) is 10.2. The highest BCUT2D eigenvalue weighted by atomic mass is 16.6. The quantitative estimate of drug-likeness (QED) is 0.665. The molecule has 0 aliphatic carbocycles. The number of hydrogen-bond acceptors (Lipinski definition) is 4. The second-order valence-electron chi connectivity index (χ2n) is 4.17. The SMILES string of the molecule is CCOC(=N)c1ccc(OC(=O)Nc2ccccc2)cc1. The summed E-state index contributed by atoms with van der Waals surface area (Å²) in [5.74, 6) is 0.495. The first-order valence-corrected chi connectivity index (χ1v) is 6.54. The molecule has 21 heavy (non-hydrogen) atoms. The van der Waals surface area contributed by atoms with Crippen LogP contribution in [0.1, 0.15) is 12.5 Å². The Balaban J connectivity index is 1.94. The largest absolute Gasteiger partial charge is 0.478 e. The third-order valence-electron chi connectivity index (χ3n) is 2.64. The molecular formula is C16H16N2O3. The van der Waals surface area contributed by atoms with Gasteiger partial charge in [-0.1, -0.05) is 18.2 Å². The summed E-state index contributed by atoms with van der Waals surface area (Å²) >= 11 is 0. The van der Waals surface area contributed by atoms with Gasteiger partial charge in [-0.05, 0) is 43.3 Å². The molecule has 0 radical (unpaired) electrons. The highest BCUT2D eigenvalue weighted by Gasteiger charge is 2.06. The van der Waals surface area contributed by atoms with Crippen LogP contribution in [-0.2, 0) is 4.74 Å². The van der Waals surface area contributed by atoms with Gasteiger partial charge in [0.05, 0.1) is 6.61 Å². The van der Waals surface area contributed by atoms with Gasteiger partial charge in [0, 0.05) is 11.3 Å². The van der Waals surface area contributed by atoms with Crippen LogP contribution < -0.4 is 10.1 Å². The van der Waals surface area contributed by atoms with E-state index >= 15 is 0 Å². The number of amides is 1.